The molecular formula is C12H20O15Sb2. The molecule has 29 heavy (non-hydrogen) atoms. The fourth-order valence-electron chi connectivity index (χ4n) is 2.35. The number of hydrogen-bond acceptors (Lipinski definition) is 13. The van der Waals surface area contributed by atoms with Gasteiger partial charge in [-0.05, 0) is 0 Å². The first kappa shape index (κ1) is 25.4. The summed E-state index contributed by atoms with van der Waals surface area (Å²) in [5, 5.41) is 75.9. The van der Waals surface area contributed by atoms with Crippen molar-refractivity contribution >= 4 is 54.9 Å². The number of aliphatic hydroxyl groups is 6. The second kappa shape index (κ2) is 11.1. The van der Waals surface area contributed by atoms with Gasteiger partial charge in [0.15, 0.2) is 0 Å². The molecule has 0 saturated carbocycles. The first-order valence-corrected chi connectivity index (χ1v) is 14.2. The Bertz CT molecular complexity index is 532. The molecule has 2 heterocycles. The zero-order valence-corrected chi connectivity index (χ0v) is 19.5. The van der Waals surface area contributed by atoms with Crippen molar-refractivity contribution in [2.45, 2.75) is 48.8 Å². The molecule has 0 aromatic rings. The van der Waals surface area contributed by atoms with Gasteiger partial charge in [0, 0.05) is 0 Å². The summed E-state index contributed by atoms with van der Waals surface area (Å²) in [5.41, 5.74) is 0. The van der Waals surface area contributed by atoms with E-state index in [9.17, 15) is 40.2 Å². The van der Waals surface area contributed by atoms with Gasteiger partial charge in [0.05, 0.1) is 0 Å². The maximum absolute atomic E-state index is 11.3. The molecule has 0 radical (unpaired) electrons. The minimum atomic E-state index is -4.04. The fourth-order valence-corrected chi connectivity index (χ4v) is 13.3. The summed E-state index contributed by atoms with van der Waals surface area (Å²) in [6.45, 7) is -1.73. The number of rotatable bonds is 8. The van der Waals surface area contributed by atoms with Crippen molar-refractivity contribution in [1.29, 1.82) is 0 Å². The number of carbonyl (C=O) groups is 2. The molecular weight excluding hydrogens is 628 g/mol. The van der Waals surface area contributed by atoms with Gasteiger partial charge in [0.2, 0.25) is 0 Å². The van der Waals surface area contributed by atoms with Crippen molar-refractivity contribution in [2.24, 2.45) is 0 Å². The third-order valence-electron chi connectivity index (χ3n) is 3.86. The van der Waals surface area contributed by atoms with Gasteiger partial charge in [-0.1, -0.05) is 0 Å². The molecule has 2 aliphatic rings. The third kappa shape index (κ3) is 6.10. The average Bonchev–Trinajstić information content (AvgIpc) is 2.68. The van der Waals surface area contributed by atoms with E-state index in [4.69, 9.17) is 23.6 Å². The number of carboxylic acid groups (broad SMARTS) is 2. The molecule has 8 atom stereocenters. The van der Waals surface area contributed by atoms with Gasteiger partial charge in [0.1, 0.15) is 0 Å². The predicted octanol–water partition coefficient (Wildman–Crippen LogP) is -5.86. The van der Waals surface area contributed by atoms with E-state index in [0.717, 1.165) is 0 Å². The van der Waals surface area contributed by atoms with Crippen molar-refractivity contribution in [3.8, 4) is 0 Å². The van der Waals surface area contributed by atoms with Gasteiger partial charge in [-0.2, -0.15) is 0 Å². The van der Waals surface area contributed by atoms with Crippen LogP contribution in [0.1, 0.15) is 0 Å². The Hall–Kier alpha value is 0.136. The van der Waals surface area contributed by atoms with Crippen LogP contribution in [0, 0.1) is 0 Å². The number of carboxylic acids is 2. The molecule has 0 aliphatic carbocycles. The van der Waals surface area contributed by atoms with E-state index in [1.807, 2.05) is 0 Å². The van der Waals surface area contributed by atoms with Crippen molar-refractivity contribution < 1.29 is 63.8 Å². The molecule has 15 nitrogen and oxygen atoms in total. The second-order valence-electron chi connectivity index (χ2n) is 5.88. The molecule has 8 N–H and O–H groups in total. The summed E-state index contributed by atoms with van der Waals surface area (Å²) in [5.74, 6) is -3.20. The summed E-state index contributed by atoms with van der Waals surface area (Å²) in [6, 6.07) is 0. The zero-order chi connectivity index (χ0) is 21.9. The van der Waals surface area contributed by atoms with Crippen LogP contribution in [-0.4, -0.2) is 158 Å². The van der Waals surface area contributed by atoms with E-state index >= 15 is 0 Å². The Kier molecular flexibility index (Phi) is 9.75. The maximum atomic E-state index is 11.3. The first-order valence-electron chi connectivity index (χ1n) is 7.95. The molecule has 0 aromatic carbocycles. The van der Waals surface area contributed by atoms with E-state index in [1.54, 1.807) is 0 Å². The van der Waals surface area contributed by atoms with E-state index in [2.05, 4.69) is 0 Å². The molecule has 0 aromatic heterocycles. The standard InChI is InChI=1S/2C6H10O7.O.2Sb/c2*7-1-2(8)3(9)4(10)5(11)6(12)13;;;/h2*2-5,7-8,10H,1H2,(H,12,13);;;/q2*-2;;2*+2/t2*2-,3-,4+,5-;;;/m11.../s1. The van der Waals surface area contributed by atoms with Crippen molar-refractivity contribution in [3.05, 3.63) is 0 Å². The number of hydrogen-bond donors (Lipinski definition) is 8. The molecule has 17 heteroatoms. The van der Waals surface area contributed by atoms with Crippen LogP contribution in [0.5, 0.6) is 0 Å². The molecule has 168 valence electrons. The van der Waals surface area contributed by atoms with Crippen LogP contribution < -0.4 is 0 Å². The molecule has 0 bridgehead atoms. The summed E-state index contributed by atoms with van der Waals surface area (Å²) in [4.78, 5) is 22.6. The average molecular weight is 648 g/mol. The SMILES string of the molecule is O=C(O)[C@@H]1[O][Sb]([O][Sb]2[O][C@H]([C@H](O)CO)[C@H](O)[C@H](C(=O)O)[O]2)[O][C@H]([C@H](O)CO)[C@@H]1O. The van der Waals surface area contributed by atoms with Crippen LogP contribution in [0.25, 0.3) is 0 Å². The van der Waals surface area contributed by atoms with Gasteiger partial charge in [-0.25, -0.2) is 0 Å². The number of aliphatic carboxylic acids is 2. The molecule has 0 unspecified atom stereocenters. The van der Waals surface area contributed by atoms with Gasteiger partial charge in [0.25, 0.3) is 0 Å². The second-order valence-corrected chi connectivity index (χ2v) is 14.4. The quantitative estimate of drug-likeness (QED) is 0.114. The number of aliphatic hydroxyl groups excluding tert-OH is 6. The minimum absolute atomic E-state index is 0.863. The fraction of sp³-hybridized carbons (Fsp3) is 0.833. The van der Waals surface area contributed by atoms with Crippen LogP contribution in [0.2, 0.25) is 0 Å². The van der Waals surface area contributed by atoms with E-state index in [1.165, 1.54) is 0 Å². The molecule has 2 aliphatic heterocycles. The summed E-state index contributed by atoms with van der Waals surface area (Å²) >= 11 is -8.08. The van der Waals surface area contributed by atoms with Crippen molar-refractivity contribution in [3.63, 3.8) is 0 Å². The Labute approximate surface area is 180 Å². The Morgan fingerprint density at radius 2 is 1.14 bits per heavy atom. The molecule has 0 spiro atoms. The van der Waals surface area contributed by atoms with Gasteiger partial charge in [-0.15, -0.1) is 0 Å². The summed E-state index contributed by atoms with van der Waals surface area (Å²) in [7, 11) is 0. The van der Waals surface area contributed by atoms with Gasteiger partial charge in [-0.3, -0.25) is 0 Å². The van der Waals surface area contributed by atoms with E-state index in [0.29, 0.717) is 0 Å². The predicted molar refractivity (Wildman–Crippen MR) is 85.6 cm³/mol. The van der Waals surface area contributed by atoms with Crippen LogP contribution >= 0.6 is 0 Å². The van der Waals surface area contributed by atoms with Crippen molar-refractivity contribution in [2.75, 3.05) is 13.2 Å². The van der Waals surface area contributed by atoms with E-state index < -0.39 is 117 Å². The normalized spacial score (nSPS) is 36.5. The van der Waals surface area contributed by atoms with E-state index in [-0.39, 0.29) is 0 Å². The Balaban J connectivity index is 2.16. The topological polar surface area (TPSA) is 242 Å². The molecule has 2 saturated heterocycles. The molecule has 0 amide bonds. The zero-order valence-electron chi connectivity index (χ0n) is 14.4. The summed E-state index contributed by atoms with van der Waals surface area (Å²) in [6.07, 6.45) is -13.8. The first-order chi connectivity index (χ1) is 13.6. The molecule has 2 rings (SSSR count). The van der Waals surface area contributed by atoms with Crippen LogP contribution in [0.15, 0.2) is 0 Å². The van der Waals surface area contributed by atoms with Crippen LogP contribution in [0.4, 0.5) is 0 Å². The van der Waals surface area contributed by atoms with Crippen LogP contribution in [0.3, 0.4) is 0 Å². The van der Waals surface area contributed by atoms with Gasteiger partial charge >= 0.3 is 181 Å². The summed E-state index contributed by atoms with van der Waals surface area (Å²) < 4.78 is 26.1. The molecule has 2 fully saturated rings. The third-order valence-corrected chi connectivity index (χ3v) is 14.4. The Morgan fingerprint density at radius 1 is 0.793 bits per heavy atom. The monoisotopic (exact) mass is 646 g/mol. The van der Waals surface area contributed by atoms with Gasteiger partial charge < -0.3 is 0 Å². The Morgan fingerprint density at radius 3 is 1.41 bits per heavy atom. The van der Waals surface area contributed by atoms with Crippen LogP contribution in [-0.2, 0) is 22.9 Å². The van der Waals surface area contributed by atoms with Crippen molar-refractivity contribution in [1.82, 2.24) is 0 Å².